The molecule has 0 fully saturated rings. The predicted molar refractivity (Wildman–Crippen MR) is 187 cm³/mol. The predicted octanol–water partition coefficient (Wildman–Crippen LogP) is 5.64. The zero-order chi connectivity index (χ0) is 36.1. The number of carbonyl (C=O) groups excluding carboxylic acids is 1. The molecule has 6 N–H and O–H groups in total. The van der Waals surface area contributed by atoms with Crippen LogP contribution >= 0.6 is 0 Å². The molecule has 3 aromatic carbocycles. The summed E-state index contributed by atoms with van der Waals surface area (Å²) in [6.45, 7) is 4.25. The van der Waals surface area contributed by atoms with Gasteiger partial charge in [0.05, 0.1) is 29.9 Å². The van der Waals surface area contributed by atoms with Gasteiger partial charge >= 0.3 is 63.4 Å². The van der Waals surface area contributed by atoms with Gasteiger partial charge in [-0.2, -0.15) is 0 Å². The number of halogens is 1. The first-order chi connectivity index (χ1) is 23.3. The molecule has 0 spiro atoms. The van der Waals surface area contributed by atoms with Gasteiger partial charge in [0, 0.05) is 35.6 Å². The Kier molecular flexibility index (Phi) is 17.3. The summed E-state index contributed by atoms with van der Waals surface area (Å²) in [5, 5.41) is 48.4. The van der Waals surface area contributed by atoms with E-state index in [-0.39, 0.29) is 82.5 Å². The Morgan fingerprint density at radius 3 is 1.82 bits per heavy atom. The first-order valence-electron chi connectivity index (χ1n) is 15.4. The summed E-state index contributed by atoms with van der Waals surface area (Å²) in [5.41, 5.74) is 4.77. The average Bonchev–Trinajstić information content (AvgIpc) is 3.39. The van der Waals surface area contributed by atoms with Gasteiger partial charge in [0.2, 0.25) is 0 Å². The van der Waals surface area contributed by atoms with E-state index in [0.29, 0.717) is 40.2 Å². The number of hydrogen-bond acceptors (Lipinski definition) is 6. The first-order valence-corrected chi connectivity index (χ1v) is 15.4. The van der Waals surface area contributed by atoms with Gasteiger partial charge in [0.1, 0.15) is 5.82 Å². The number of rotatable bonds is 14. The molecule has 0 bridgehead atoms. The van der Waals surface area contributed by atoms with E-state index in [9.17, 15) is 33.8 Å². The minimum atomic E-state index is -1.26. The summed E-state index contributed by atoms with van der Waals surface area (Å²) in [4.78, 5) is 44.1. The van der Waals surface area contributed by atoms with Crippen LogP contribution in [0.2, 0.25) is 0 Å². The van der Waals surface area contributed by atoms with Crippen molar-refractivity contribution in [1.82, 2.24) is 4.57 Å². The summed E-state index contributed by atoms with van der Waals surface area (Å²) in [6, 6.07) is 24.8. The van der Waals surface area contributed by atoms with E-state index >= 15 is 0 Å². The maximum Gasteiger partial charge on any atom is 2.00 e. The molecule has 4 rings (SSSR count). The van der Waals surface area contributed by atoms with E-state index in [0.717, 1.165) is 11.3 Å². The molecule has 1 amide bonds. The second-order valence-corrected chi connectivity index (χ2v) is 11.4. The molecule has 1 heterocycles. The van der Waals surface area contributed by atoms with Gasteiger partial charge < -0.3 is 35.4 Å². The summed E-state index contributed by atoms with van der Waals surface area (Å²) in [6.07, 6.45) is -1.39. The minimum Gasteiger partial charge on any atom is -0.481 e. The van der Waals surface area contributed by atoms with Crippen molar-refractivity contribution in [2.75, 3.05) is 5.32 Å². The number of carboxylic acid groups (broad SMARTS) is 3. The van der Waals surface area contributed by atoms with Gasteiger partial charge in [0.25, 0.3) is 5.91 Å². The van der Waals surface area contributed by atoms with Crippen LogP contribution in [-0.4, -0.2) is 112 Å². The number of para-hydroxylation sites is 1. The van der Waals surface area contributed by atoms with E-state index in [1.54, 1.807) is 12.1 Å². The molecule has 0 aliphatic heterocycles. The maximum atomic E-state index is 14.0. The Bertz CT molecular complexity index is 1740. The molecule has 50 heavy (non-hydrogen) atoms. The van der Waals surface area contributed by atoms with E-state index in [4.69, 9.17) is 15.3 Å². The third-order valence-electron chi connectivity index (χ3n) is 7.30. The number of aliphatic hydroxyl groups is 2. The quantitative estimate of drug-likeness (QED) is 0.0698. The van der Waals surface area contributed by atoms with Gasteiger partial charge in [-0.3, -0.25) is 9.59 Å². The van der Waals surface area contributed by atoms with E-state index in [1.165, 1.54) is 12.1 Å². The molecular weight excluding hydrogens is 723 g/mol. The molecule has 2 atom stereocenters. The second-order valence-electron chi connectivity index (χ2n) is 11.4. The van der Waals surface area contributed by atoms with Crippen molar-refractivity contribution in [3.05, 3.63) is 114 Å². The number of carbonyl (C=O) groups is 4. The molecule has 11 nitrogen and oxygen atoms in total. The number of carboxylic acids is 3. The molecule has 0 unspecified atom stereocenters. The summed E-state index contributed by atoms with van der Waals surface area (Å²) in [7, 11) is 0. The molecule has 4 aromatic rings. The molecule has 0 radical (unpaired) electrons. The van der Waals surface area contributed by atoms with Crippen LogP contribution in [0, 0.1) is 5.82 Å². The number of nitrogens with one attached hydrogen (secondary N) is 1. The number of benzene rings is 3. The normalized spacial score (nSPS) is 12.0. The Morgan fingerprint density at radius 1 is 0.780 bits per heavy atom. The van der Waals surface area contributed by atoms with Crippen molar-refractivity contribution < 1.29 is 49.1 Å². The summed E-state index contributed by atoms with van der Waals surface area (Å²) >= 11 is 0. The zero-order valence-corrected chi connectivity index (χ0v) is 31.2. The van der Waals surface area contributed by atoms with Crippen molar-refractivity contribution in [2.24, 2.45) is 0 Å². The molecule has 258 valence electrons. The Labute approximate surface area is 326 Å². The molecule has 1 aromatic heterocycles. The fourth-order valence-corrected chi connectivity index (χ4v) is 5.35. The average molecular weight is 762 g/mol. The molecule has 0 aliphatic carbocycles. The standard InChI is InChI=1S/C33H35FN2O5.C4H4O4.Sr/c1-21(2)31-30(33(41)35-25-11-7-4-8-12-25)29(22-9-5-3-6-10-22)32(23-13-15-24(34)16-14-23)36(31)18-17-26(37)19-27(38)20-28(39)40;5-3(6)1-2-4(7)8;/h3-16,21,26-27,37-38H,17-20H2,1-2H3,(H,35,41)(H,39,40);1-2H,(H,5,6)(H,7,8);/q;;+2/b;2-1+;/t26-,27-;;/m1../s1. The number of aliphatic carboxylic acids is 3. The SMILES string of the molecule is CC(C)c1c(C(=O)Nc2ccccc2)c(-c2ccccc2)c(-c2ccc(F)cc2)n1CC[C@@H](O)C[C@@H](O)CC(=O)O.O=C(O)/C=C/C(=O)O.[Sr+2]. The Morgan fingerprint density at radius 2 is 1.32 bits per heavy atom. The van der Waals surface area contributed by atoms with Crippen LogP contribution in [0.3, 0.4) is 0 Å². The fourth-order valence-electron chi connectivity index (χ4n) is 5.35. The van der Waals surface area contributed by atoms with E-state index < -0.39 is 36.5 Å². The van der Waals surface area contributed by atoms with Crippen molar-refractivity contribution in [3.63, 3.8) is 0 Å². The zero-order valence-electron chi connectivity index (χ0n) is 27.7. The summed E-state index contributed by atoms with van der Waals surface area (Å²) in [5.74, 6) is -4.45. The number of anilines is 1. The molecule has 0 saturated carbocycles. The Hall–Kier alpha value is -4.11. The third-order valence-corrected chi connectivity index (χ3v) is 7.30. The van der Waals surface area contributed by atoms with Gasteiger partial charge in [-0.15, -0.1) is 0 Å². The van der Waals surface area contributed by atoms with E-state index in [2.05, 4.69) is 5.32 Å². The van der Waals surface area contributed by atoms with Gasteiger partial charge in [0.15, 0.2) is 0 Å². The van der Waals surface area contributed by atoms with Crippen LogP contribution in [0.1, 0.15) is 55.1 Å². The topological polar surface area (TPSA) is 186 Å². The molecular formula is C37H39FN2O9Sr+2. The molecule has 13 heteroatoms. The van der Waals surface area contributed by atoms with Crippen molar-refractivity contribution in [3.8, 4) is 22.4 Å². The van der Waals surface area contributed by atoms with Crippen LogP contribution in [-0.2, 0) is 20.9 Å². The van der Waals surface area contributed by atoms with Crippen molar-refractivity contribution in [2.45, 2.75) is 57.8 Å². The maximum absolute atomic E-state index is 14.0. The van der Waals surface area contributed by atoms with E-state index in [1.807, 2.05) is 79.1 Å². The molecule has 0 saturated heterocycles. The monoisotopic (exact) mass is 762 g/mol. The first kappa shape index (κ1) is 42.1. The smallest absolute Gasteiger partial charge is 0.481 e. The van der Waals surface area contributed by atoms with Crippen LogP contribution in [0.4, 0.5) is 10.1 Å². The van der Waals surface area contributed by atoms with Gasteiger partial charge in [-0.05, 0) is 66.3 Å². The number of hydrogen-bond donors (Lipinski definition) is 6. The van der Waals surface area contributed by atoms with Crippen LogP contribution in [0.5, 0.6) is 0 Å². The number of aliphatic hydroxyl groups excluding tert-OH is 2. The van der Waals surface area contributed by atoms with Gasteiger partial charge in [-0.25, -0.2) is 14.0 Å². The third kappa shape index (κ3) is 12.7. The Balaban J connectivity index is 0.000000859. The fraction of sp³-hybridized carbons (Fsp3) is 0.243. The van der Waals surface area contributed by atoms with Crippen LogP contribution < -0.4 is 5.32 Å². The number of aromatic nitrogens is 1. The van der Waals surface area contributed by atoms with Crippen LogP contribution in [0.15, 0.2) is 97.1 Å². The van der Waals surface area contributed by atoms with Crippen LogP contribution in [0.25, 0.3) is 22.4 Å². The number of amides is 1. The largest absolute Gasteiger partial charge is 2.00 e. The van der Waals surface area contributed by atoms with Gasteiger partial charge in [-0.1, -0.05) is 62.4 Å². The molecule has 0 aliphatic rings. The minimum absolute atomic E-state index is 0. The van der Waals surface area contributed by atoms with Crippen molar-refractivity contribution in [1.29, 1.82) is 0 Å². The van der Waals surface area contributed by atoms with Crippen molar-refractivity contribution >= 4 is 75.0 Å². The number of nitrogens with zero attached hydrogens (tertiary/aromatic N) is 1. The summed E-state index contributed by atoms with van der Waals surface area (Å²) < 4.78 is 16.0. The second kappa shape index (κ2) is 20.5.